The normalized spacial score (nSPS) is 14.2. The molecule has 0 bridgehead atoms. The highest BCUT2D eigenvalue weighted by molar-refractivity contribution is 5.92. The Hall–Kier alpha value is -2.76. The van der Waals surface area contributed by atoms with E-state index in [0.29, 0.717) is 31.6 Å². The molecule has 1 aliphatic rings. The zero-order valence-corrected chi connectivity index (χ0v) is 19.8. The van der Waals surface area contributed by atoms with E-state index in [4.69, 9.17) is 9.47 Å². The van der Waals surface area contributed by atoms with Crippen LogP contribution in [0.25, 0.3) is 0 Å². The number of amides is 1. The quantitative estimate of drug-likeness (QED) is 0.550. The minimum Gasteiger partial charge on any atom is -0.497 e. The van der Waals surface area contributed by atoms with Crippen LogP contribution in [-0.4, -0.2) is 41.5 Å². The summed E-state index contributed by atoms with van der Waals surface area (Å²) in [5.41, 5.74) is 4.32. The minimum absolute atomic E-state index is 0.164. The van der Waals surface area contributed by atoms with Gasteiger partial charge in [-0.15, -0.1) is 0 Å². The van der Waals surface area contributed by atoms with Crippen molar-refractivity contribution in [3.05, 3.63) is 52.3 Å². The summed E-state index contributed by atoms with van der Waals surface area (Å²) in [6.07, 6.45) is 6.79. The topological polar surface area (TPSA) is 71.6 Å². The van der Waals surface area contributed by atoms with Crippen LogP contribution in [0.15, 0.2) is 24.3 Å². The van der Waals surface area contributed by atoms with Gasteiger partial charge in [0.15, 0.2) is 0 Å². The van der Waals surface area contributed by atoms with Crippen molar-refractivity contribution in [3.63, 3.8) is 0 Å². The Bertz CT molecular complexity index is 911. The van der Waals surface area contributed by atoms with Crippen LogP contribution >= 0.6 is 0 Å². The average Bonchev–Trinajstić information content (AvgIpc) is 3.09. The minimum atomic E-state index is -0.306. The van der Waals surface area contributed by atoms with Gasteiger partial charge in [0.05, 0.1) is 25.8 Å². The highest BCUT2D eigenvalue weighted by Crippen LogP contribution is 2.27. The number of hydrogen-bond acceptors (Lipinski definition) is 4. The molecule has 1 aromatic carbocycles. The smallest absolute Gasteiger partial charge is 0.340 e. The Morgan fingerprint density at radius 2 is 1.78 bits per heavy atom. The number of benzene rings is 1. The highest BCUT2D eigenvalue weighted by Gasteiger charge is 2.28. The van der Waals surface area contributed by atoms with Gasteiger partial charge in [-0.2, -0.15) is 0 Å². The number of nitrogens with zero attached hydrogens (tertiary/aromatic N) is 1. The number of aryl methyl sites for hydroxylation is 2. The van der Waals surface area contributed by atoms with Crippen molar-refractivity contribution in [2.24, 2.45) is 0 Å². The summed E-state index contributed by atoms with van der Waals surface area (Å²) in [6, 6.07) is 8.14. The Labute approximate surface area is 191 Å². The second kappa shape index (κ2) is 11.2. The zero-order valence-electron chi connectivity index (χ0n) is 19.8. The summed E-state index contributed by atoms with van der Waals surface area (Å²) in [4.78, 5) is 31.2. The van der Waals surface area contributed by atoms with Gasteiger partial charge in [0.25, 0.3) is 0 Å². The van der Waals surface area contributed by atoms with E-state index >= 15 is 0 Å². The third-order valence-electron chi connectivity index (χ3n) is 6.47. The summed E-state index contributed by atoms with van der Waals surface area (Å²) >= 11 is 0. The van der Waals surface area contributed by atoms with Crippen molar-refractivity contribution in [2.45, 2.75) is 78.3 Å². The van der Waals surface area contributed by atoms with Gasteiger partial charge in [-0.3, -0.25) is 4.79 Å². The second-order valence-electron chi connectivity index (χ2n) is 8.61. The fourth-order valence-electron chi connectivity index (χ4n) is 4.65. The maximum Gasteiger partial charge on any atom is 0.340 e. The van der Waals surface area contributed by atoms with Crippen LogP contribution in [0, 0.1) is 13.8 Å². The molecule has 1 fully saturated rings. The molecule has 3 rings (SSSR count). The first-order valence-electron chi connectivity index (χ1n) is 11.7. The van der Waals surface area contributed by atoms with E-state index in [1.807, 2.05) is 49.9 Å². The van der Waals surface area contributed by atoms with Gasteiger partial charge in [-0.25, -0.2) is 4.79 Å². The number of esters is 1. The van der Waals surface area contributed by atoms with E-state index in [0.717, 1.165) is 53.9 Å². The molecule has 2 aromatic rings. The number of hydrogen-bond donors (Lipinski definition) is 1. The van der Waals surface area contributed by atoms with Gasteiger partial charge >= 0.3 is 5.97 Å². The van der Waals surface area contributed by atoms with Gasteiger partial charge < -0.3 is 19.4 Å². The van der Waals surface area contributed by atoms with Gasteiger partial charge in [-0.05, 0) is 63.3 Å². The van der Waals surface area contributed by atoms with Crippen LogP contribution < -0.4 is 4.74 Å². The van der Waals surface area contributed by atoms with Gasteiger partial charge in [0.1, 0.15) is 5.75 Å². The van der Waals surface area contributed by atoms with E-state index in [-0.39, 0.29) is 17.9 Å². The van der Waals surface area contributed by atoms with E-state index in [1.54, 1.807) is 7.11 Å². The molecule has 174 valence electrons. The summed E-state index contributed by atoms with van der Waals surface area (Å²) in [5, 5.41) is 0. The second-order valence-corrected chi connectivity index (χ2v) is 8.61. The van der Waals surface area contributed by atoms with E-state index in [1.165, 1.54) is 6.42 Å². The fourth-order valence-corrected chi connectivity index (χ4v) is 4.65. The van der Waals surface area contributed by atoms with Crippen LogP contribution in [0.2, 0.25) is 0 Å². The van der Waals surface area contributed by atoms with Gasteiger partial charge in [0, 0.05) is 23.9 Å². The molecule has 1 heterocycles. The Morgan fingerprint density at radius 3 is 2.41 bits per heavy atom. The number of carbonyl (C=O) groups excluding carboxylic acids is 2. The Balaban J connectivity index is 1.76. The van der Waals surface area contributed by atoms with Gasteiger partial charge in [0.2, 0.25) is 5.91 Å². The third-order valence-corrected chi connectivity index (χ3v) is 6.47. The maximum absolute atomic E-state index is 13.4. The molecule has 6 nitrogen and oxygen atoms in total. The first-order chi connectivity index (χ1) is 15.4. The van der Waals surface area contributed by atoms with E-state index < -0.39 is 0 Å². The van der Waals surface area contributed by atoms with E-state index in [2.05, 4.69) is 4.98 Å². The lowest BCUT2D eigenvalue weighted by atomic mass is 9.93. The number of aromatic amines is 1. The number of carbonyl (C=O) groups is 2. The SMILES string of the molecule is CCOC(=O)c1c(C)[nH]c(CN(C(=O)CCc2ccc(OC)cc2)C2CCCCC2)c1C. The molecule has 1 aliphatic carbocycles. The van der Waals surface area contributed by atoms with Crippen molar-refractivity contribution in [1.29, 1.82) is 0 Å². The van der Waals surface area contributed by atoms with Crippen molar-refractivity contribution < 1.29 is 19.1 Å². The standard InChI is InChI=1S/C26H36N2O4/c1-5-32-26(30)25-18(2)23(27-19(25)3)17-28(21-9-7-6-8-10-21)24(29)16-13-20-11-14-22(31-4)15-12-20/h11-12,14-15,21,27H,5-10,13,16-17H2,1-4H3. The molecule has 0 atom stereocenters. The Morgan fingerprint density at radius 1 is 1.09 bits per heavy atom. The number of aromatic nitrogens is 1. The molecule has 0 spiro atoms. The predicted molar refractivity (Wildman–Crippen MR) is 125 cm³/mol. The summed E-state index contributed by atoms with van der Waals surface area (Å²) in [6.45, 7) is 6.47. The highest BCUT2D eigenvalue weighted by atomic mass is 16.5. The molecule has 32 heavy (non-hydrogen) atoms. The molecule has 1 aromatic heterocycles. The van der Waals surface area contributed by atoms with Crippen LogP contribution in [0.1, 0.15) is 78.3 Å². The summed E-state index contributed by atoms with van der Waals surface area (Å²) in [7, 11) is 1.65. The molecule has 6 heteroatoms. The molecule has 0 aliphatic heterocycles. The molecule has 1 amide bonds. The molecule has 0 radical (unpaired) electrons. The monoisotopic (exact) mass is 440 g/mol. The Kier molecular flexibility index (Phi) is 8.37. The van der Waals surface area contributed by atoms with Crippen molar-refractivity contribution in [2.75, 3.05) is 13.7 Å². The number of methoxy groups -OCH3 is 1. The first-order valence-corrected chi connectivity index (χ1v) is 11.7. The molecular formula is C26H36N2O4. The predicted octanol–water partition coefficient (Wildman–Crippen LogP) is 5.11. The van der Waals surface area contributed by atoms with Crippen LogP contribution in [0.3, 0.4) is 0 Å². The van der Waals surface area contributed by atoms with Crippen molar-refractivity contribution in [3.8, 4) is 5.75 Å². The van der Waals surface area contributed by atoms with Crippen molar-refractivity contribution in [1.82, 2.24) is 9.88 Å². The first kappa shape index (κ1) is 23.9. The van der Waals surface area contributed by atoms with Gasteiger partial charge in [-0.1, -0.05) is 31.4 Å². The third kappa shape index (κ3) is 5.72. The molecular weight excluding hydrogens is 404 g/mol. The molecule has 0 saturated heterocycles. The zero-order chi connectivity index (χ0) is 23.1. The summed E-state index contributed by atoms with van der Waals surface area (Å²) in [5.74, 6) is 0.677. The number of nitrogens with one attached hydrogen (secondary N) is 1. The summed E-state index contributed by atoms with van der Waals surface area (Å²) < 4.78 is 10.4. The maximum atomic E-state index is 13.4. The van der Waals surface area contributed by atoms with Crippen molar-refractivity contribution >= 4 is 11.9 Å². The number of ether oxygens (including phenoxy) is 2. The molecule has 1 N–H and O–H groups in total. The lowest BCUT2D eigenvalue weighted by Crippen LogP contribution is -2.41. The van der Waals surface area contributed by atoms with Crippen LogP contribution in [0.5, 0.6) is 5.75 Å². The average molecular weight is 441 g/mol. The lowest BCUT2D eigenvalue weighted by molar-refractivity contribution is -0.135. The van der Waals surface area contributed by atoms with Crippen LogP contribution in [0.4, 0.5) is 0 Å². The molecule has 1 saturated carbocycles. The fraction of sp³-hybridized carbons (Fsp3) is 0.538. The number of rotatable bonds is 9. The largest absolute Gasteiger partial charge is 0.497 e. The van der Waals surface area contributed by atoms with E-state index in [9.17, 15) is 9.59 Å². The lowest BCUT2D eigenvalue weighted by Gasteiger charge is -2.34. The van der Waals surface area contributed by atoms with Crippen LogP contribution in [-0.2, 0) is 22.5 Å². The number of H-pyrrole nitrogens is 1. The molecule has 0 unspecified atom stereocenters.